The van der Waals surface area contributed by atoms with Gasteiger partial charge in [-0.05, 0) is 54.6 Å². The number of nitrogens with zero attached hydrogens (tertiary/aromatic N) is 3. The zero-order valence-electron chi connectivity index (χ0n) is 21.0. The third-order valence-electron chi connectivity index (χ3n) is 7.45. The van der Waals surface area contributed by atoms with Gasteiger partial charge in [0.15, 0.2) is 5.58 Å². The van der Waals surface area contributed by atoms with Gasteiger partial charge < -0.3 is 13.9 Å². The summed E-state index contributed by atoms with van der Waals surface area (Å²) in [6.45, 7) is 0. The first kappa shape index (κ1) is 21.7. The number of pyridine rings is 1. The van der Waals surface area contributed by atoms with Gasteiger partial charge in [-0.15, -0.1) is 0 Å². The van der Waals surface area contributed by atoms with Crippen molar-refractivity contribution in [2.24, 2.45) is 0 Å². The number of anilines is 3. The SMILES string of the molecule is c1ccc(N(c2ccccc2)c2ccc3oc4c(-n5c6ccccc6c6ccccc65)cncc4c3c2)cc1. The van der Waals surface area contributed by atoms with Gasteiger partial charge in [0.05, 0.1) is 17.2 Å². The minimum Gasteiger partial charge on any atom is -0.454 e. The summed E-state index contributed by atoms with van der Waals surface area (Å²) in [6, 6.07) is 44.3. The van der Waals surface area contributed by atoms with Crippen molar-refractivity contribution >= 4 is 60.8 Å². The molecule has 0 saturated carbocycles. The second-order valence-electron chi connectivity index (χ2n) is 9.69. The minimum atomic E-state index is 0.828. The van der Waals surface area contributed by atoms with E-state index in [1.54, 1.807) is 0 Å². The molecule has 0 amide bonds. The van der Waals surface area contributed by atoms with Gasteiger partial charge in [0, 0.05) is 44.8 Å². The molecule has 0 aliphatic carbocycles. The molecule has 184 valence electrons. The van der Waals surface area contributed by atoms with E-state index in [9.17, 15) is 0 Å². The molecule has 8 aromatic rings. The molecule has 0 aliphatic heterocycles. The number of fused-ring (bicyclic) bond motifs is 6. The lowest BCUT2D eigenvalue weighted by Gasteiger charge is -2.25. The maximum atomic E-state index is 6.57. The number of hydrogen-bond donors (Lipinski definition) is 0. The Morgan fingerprint density at radius 2 is 1.10 bits per heavy atom. The Labute approximate surface area is 225 Å². The highest BCUT2D eigenvalue weighted by molar-refractivity contribution is 6.12. The Balaban J connectivity index is 1.38. The van der Waals surface area contributed by atoms with Crippen LogP contribution in [0.2, 0.25) is 0 Å². The lowest BCUT2D eigenvalue weighted by atomic mass is 10.1. The Morgan fingerprint density at radius 3 is 1.74 bits per heavy atom. The average molecular weight is 502 g/mol. The Morgan fingerprint density at radius 1 is 0.513 bits per heavy atom. The van der Waals surface area contributed by atoms with E-state index in [1.807, 2.05) is 24.5 Å². The molecule has 39 heavy (non-hydrogen) atoms. The van der Waals surface area contributed by atoms with Gasteiger partial charge in [-0.2, -0.15) is 0 Å². The molecule has 0 saturated heterocycles. The highest BCUT2D eigenvalue weighted by Crippen LogP contribution is 2.40. The van der Waals surface area contributed by atoms with Crippen LogP contribution >= 0.6 is 0 Å². The number of hydrogen-bond acceptors (Lipinski definition) is 3. The van der Waals surface area contributed by atoms with Crippen molar-refractivity contribution < 1.29 is 4.42 Å². The third kappa shape index (κ3) is 3.35. The monoisotopic (exact) mass is 501 g/mol. The highest BCUT2D eigenvalue weighted by Gasteiger charge is 2.19. The predicted octanol–water partition coefficient (Wildman–Crippen LogP) is 9.55. The molecule has 0 radical (unpaired) electrons. The summed E-state index contributed by atoms with van der Waals surface area (Å²) < 4.78 is 8.84. The fraction of sp³-hybridized carbons (Fsp3) is 0. The average Bonchev–Trinajstić information content (AvgIpc) is 3.54. The van der Waals surface area contributed by atoms with Gasteiger partial charge in [-0.3, -0.25) is 4.98 Å². The molecule has 0 bridgehead atoms. The molecule has 8 rings (SSSR count). The lowest BCUT2D eigenvalue weighted by Crippen LogP contribution is -2.09. The molecule has 3 heterocycles. The van der Waals surface area contributed by atoms with Crippen LogP contribution in [0.4, 0.5) is 17.1 Å². The van der Waals surface area contributed by atoms with Crippen molar-refractivity contribution in [3.63, 3.8) is 0 Å². The van der Waals surface area contributed by atoms with Gasteiger partial charge in [-0.1, -0.05) is 72.8 Å². The van der Waals surface area contributed by atoms with E-state index in [2.05, 4.69) is 125 Å². The fourth-order valence-corrected chi connectivity index (χ4v) is 5.75. The van der Waals surface area contributed by atoms with Gasteiger partial charge >= 0.3 is 0 Å². The molecule has 4 heteroatoms. The van der Waals surface area contributed by atoms with E-state index in [-0.39, 0.29) is 0 Å². The molecule has 3 aromatic heterocycles. The summed E-state index contributed by atoms with van der Waals surface area (Å²) in [5.41, 5.74) is 8.12. The van der Waals surface area contributed by atoms with Crippen LogP contribution in [-0.2, 0) is 0 Å². The van der Waals surface area contributed by atoms with Crippen molar-refractivity contribution in [1.29, 1.82) is 0 Å². The molecular weight excluding hydrogens is 478 g/mol. The largest absolute Gasteiger partial charge is 0.454 e. The first-order chi connectivity index (χ1) is 19.4. The molecule has 0 atom stereocenters. The van der Waals surface area contributed by atoms with Crippen LogP contribution < -0.4 is 4.90 Å². The van der Waals surface area contributed by atoms with Crippen molar-refractivity contribution in [2.75, 3.05) is 4.90 Å². The summed E-state index contributed by atoms with van der Waals surface area (Å²) in [4.78, 5) is 6.97. The Bertz CT molecular complexity index is 2030. The number of rotatable bonds is 4. The molecule has 0 fully saturated rings. The maximum Gasteiger partial charge on any atom is 0.162 e. The maximum absolute atomic E-state index is 6.57. The molecule has 0 aliphatic rings. The van der Waals surface area contributed by atoms with Gasteiger partial charge in [0.2, 0.25) is 0 Å². The zero-order chi connectivity index (χ0) is 25.8. The van der Waals surface area contributed by atoms with E-state index >= 15 is 0 Å². The molecule has 5 aromatic carbocycles. The molecule has 0 N–H and O–H groups in total. The van der Waals surface area contributed by atoms with E-state index < -0.39 is 0 Å². The molecule has 0 spiro atoms. The summed E-state index contributed by atoms with van der Waals surface area (Å²) in [5.74, 6) is 0. The van der Waals surface area contributed by atoms with Gasteiger partial charge in [0.1, 0.15) is 11.3 Å². The first-order valence-electron chi connectivity index (χ1n) is 13.1. The molecule has 4 nitrogen and oxygen atoms in total. The van der Waals surface area contributed by atoms with Gasteiger partial charge in [0.25, 0.3) is 0 Å². The summed E-state index contributed by atoms with van der Waals surface area (Å²) in [5, 5.41) is 4.46. The van der Waals surface area contributed by atoms with Crippen LogP contribution in [0.1, 0.15) is 0 Å². The number of furan rings is 1. The van der Waals surface area contributed by atoms with Crippen molar-refractivity contribution in [3.05, 3.63) is 140 Å². The standard InChI is InChI=1S/C35H23N3O/c1-3-11-24(12-4-1)37(25-13-5-2-6-14-25)26-19-20-34-29(21-26)30-22-36-23-33(35(30)39-34)38-31-17-9-7-15-27(31)28-16-8-10-18-32(28)38/h1-23H. The Kier molecular flexibility index (Phi) is 4.79. The van der Waals surface area contributed by atoms with E-state index in [0.717, 1.165) is 55.7 Å². The summed E-state index contributed by atoms with van der Waals surface area (Å²) in [7, 11) is 0. The van der Waals surface area contributed by atoms with Crippen LogP contribution in [0.15, 0.2) is 144 Å². The molecular formula is C35H23N3O. The van der Waals surface area contributed by atoms with Crippen LogP contribution in [-0.4, -0.2) is 9.55 Å². The number of aromatic nitrogens is 2. The summed E-state index contributed by atoms with van der Waals surface area (Å²) in [6.07, 6.45) is 3.82. The highest BCUT2D eigenvalue weighted by atomic mass is 16.3. The van der Waals surface area contributed by atoms with Crippen LogP contribution in [0, 0.1) is 0 Å². The van der Waals surface area contributed by atoms with Gasteiger partial charge in [-0.25, -0.2) is 0 Å². The predicted molar refractivity (Wildman–Crippen MR) is 161 cm³/mol. The lowest BCUT2D eigenvalue weighted by molar-refractivity contribution is 0.666. The van der Waals surface area contributed by atoms with Crippen molar-refractivity contribution in [2.45, 2.75) is 0 Å². The Hall–Kier alpha value is -5.35. The zero-order valence-corrected chi connectivity index (χ0v) is 21.0. The second kappa shape index (κ2) is 8.61. The smallest absolute Gasteiger partial charge is 0.162 e. The van der Waals surface area contributed by atoms with E-state index in [0.29, 0.717) is 0 Å². The number of benzene rings is 5. The summed E-state index contributed by atoms with van der Waals surface area (Å²) >= 11 is 0. The second-order valence-corrected chi connectivity index (χ2v) is 9.69. The first-order valence-corrected chi connectivity index (χ1v) is 13.1. The van der Waals surface area contributed by atoms with E-state index in [1.165, 1.54) is 10.8 Å². The minimum absolute atomic E-state index is 0.828. The van der Waals surface area contributed by atoms with Crippen molar-refractivity contribution in [1.82, 2.24) is 9.55 Å². The van der Waals surface area contributed by atoms with Crippen molar-refractivity contribution in [3.8, 4) is 5.69 Å². The third-order valence-corrected chi connectivity index (χ3v) is 7.45. The topological polar surface area (TPSA) is 34.2 Å². The van der Waals surface area contributed by atoms with E-state index in [4.69, 9.17) is 9.40 Å². The van der Waals surface area contributed by atoms with Crippen LogP contribution in [0.25, 0.3) is 49.4 Å². The molecule has 0 unspecified atom stereocenters. The van der Waals surface area contributed by atoms with Crippen LogP contribution in [0.5, 0.6) is 0 Å². The number of para-hydroxylation sites is 4. The quantitative estimate of drug-likeness (QED) is 0.241. The van der Waals surface area contributed by atoms with Crippen LogP contribution in [0.3, 0.4) is 0 Å². The fourth-order valence-electron chi connectivity index (χ4n) is 5.75. The normalized spacial score (nSPS) is 11.6.